The van der Waals surface area contributed by atoms with Crippen LogP contribution in [0.4, 0.5) is 0 Å². The number of amides is 1. The van der Waals surface area contributed by atoms with E-state index in [1.54, 1.807) is 17.6 Å². The first kappa shape index (κ1) is 13.5. The Morgan fingerprint density at radius 2 is 1.90 bits per heavy atom. The monoisotopic (exact) mass is 302 g/mol. The molecule has 0 unspecified atom stereocenters. The zero-order chi connectivity index (χ0) is 14.4. The lowest BCUT2D eigenvalue weighted by atomic mass is 9.49. The van der Waals surface area contributed by atoms with Crippen LogP contribution in [0.5, 0.6) is 0 Å². The van der Waals surface area contributed by atoms with Crippen LogP contribution in [0, 0.1) is 30.1 Å². The molecule has 0 radical (unpaired) electrons. The van der Waals surface area contributed by atoms with Gasteiger partial charge in [0.25, 0.3) is 0 Å². The van der Waals surface area contributed by atoms with Crippen molar-refractivity contribution < 1.29 is 4.79 Å². The van der Waals surface area contributed by atoms with Crippen molar-refractivity contribution in [3.63, 3.8) is 0 Å². The summed E-state index contributed by atoms with van der Waals surface area (Å²) in [7, 11) is 0. The van der Waals surface area contributed by atoms with Crippen molar-refractivity contribution in [1.29, 1.82) is 0 Å². The summed E-state index contributed by atoms with van der Waals surface area (Å²) in [5.41, 5.74) is 3.96. The number of rotatable bonds is 3. The van der Waals surface area contributed by atoms with E-state index in [0.29, 0.717) is 0 Å². The standard InChI is InChI=1S/C17H22N2OS/c1-11-2-3-21-15(11)10-18-19-16(20)17-7-12-4-13(8-17)6-14(5-12)9-17/h2-3,10,12-14H,4-9H2,1H3,(H,19,20)/b18-10-. The number of thiophene rings is 1. The fraction of sp³-hybridized carbons (Fsp3) is 0.647. The molecule has 4 aliphatic rings. The fourth-order valence-electron chi connectivity index (χ4n) is 5.17. The SMILES string of the molecule is Cc1ccsc1/C=N\NC(=O)C12CC3CC(CC(C3)C1)C2. The molecule has 3 nitrogen and oxygen atoms in total. The second-order valence-corrected chi connectivity index (χ2v) is 8.31. The van der Waals surface area contributed by atoms with Crippen LogP contribution in [0.2, 0.25) is 0 Å². The molecule has 1 heterocycles. The second-order valence-electron chi connectivity index (χ2n) is 7.36. The van der Waals surface area contributed by atoms with Crippen LogP contribution in [0.1, 0.15) is 49.0 Å². The number of carbonyl (C=O) groups excluding carboxylic acids is 1. The zero-order valence-electron chi connectivity index (χ0n) is 12.5. The smallest absolute Gasteiger partial charge is 0.246 e. The summed E-state index contributed by atoms with van der Waals surface area (Å²) in [4.78, 5) is 13.8. The molecule has 1 amide bonds. The normalized spacial score (nSPS) is 37.3. The first-order chi connectivity index (χ1) is 10.1. The Hall–Kier alpha value is -1.16. The van der Waals surface area contributed by atoms with Crippen molar-refractivity contribution in [2.24, 2.45) is 28.3 Å². The van der Waals surface area contributed by atoms with Crippen LogP contribution in [0.15, 0.2) is 16.5 Å². The average Bonchev–Trinajstić information content (AvgIpc) is 2.83. The molecule has 0 aliphatic heterocycles. The minimum atomic E-state index is -0.101. The Morgan fingerprint density at radius 3 is 2.43 bits per heavy atom. The third-order valence-corrected chi connectivity index (χ3v) is 6.72. The number of nitrogens with zero attached hydrogens (tertiary/aromatic N) is 1. The molecule has 0 aromatic carbocycles. The van der Waals surface area contributed by atoms with E-state index in [1.165, 1.54) is 24.8 Å². The van der Waals surface area contributed by atoms with Gasteiger partial charge in [-0.15, -0.1) is 11.3 Å². The fourth-order valence-corrected chi connectivity index (χ4v) is 5.96. The topological polar surface area (TPSA) is 41.5 Å². The highest BCUT2D eigenvalue weighted by molar-refractivity contribution is 7.11. The van der Waals surface area contributed by atoms with Crippen LogP contribution >= 0.6 is 11.3 Å². The van der Waals surface area contributed by atoms with E-state index in [4.69, 9.17) is 0 Å². The molecule has 21 heavy (non-hydrogen) atoms. The summed E-state index contributed by atoms with van der Waals surface area (Å²) in [5.74, 6) is 2.56. The Bertz CT molecular complexity index is 554. The number of hydrogen-bond donors (Lipinski definition) is 1. The van der Waals surface area contributed by atoms with Gasteiger partial charge in [0.1, 0.15) is 0 Å². The Kier molecular flexibility index (Phi) is 3.18. The number of aryl methyl sites for hydroxylation is 1. The number of hydrazone groups is 1. The van der Waals surface area contributed by atoms with Gasteiger partial charge in [-0.25, -0.2) is 5.43 Å². The number of hydrogen-bond acceptors (Lipinski definition) is 3. The Balaban J connectivity index is 1.45. The van der Waals surface area contributed by atoms with Crippen LogP contribution in [-0.2, 0) is 4.79 Å². The lowest BCUT2D eigenvalue weighted by Gasteiger charge is -2.55. The van der Waals surface area contributed by atoms with E-state index >= 15 is 0 Å². The van der Waals surface area contributed by atoms with Gasteiger partial charge in [-0.1, -0.05) is 0 Å². The van der Waals surface area contributed by atoms with Crippen LogP contribution in [0.3, 0.4) is 0 Å². The van der Waals surface area contributed by atoms with Crippen molar-refractivity contribution in [1.82, 2.24) is 5.43 Å². The van der Waals surface area contributed by atoms with Crippen molar-refractivity contribution in [3.8, 4) is 0 Å². The van der Waals surface area contributed by atoms with Gasteiger partial charge in [0.15, 0.2) is 0 Å². The van der Waals surface area contributed by atoms with Crippen LogP contribution in [-0.4, -0.2) is 12.1 Å². The molecule has 1 aromatic rings. The van der Waals surface area contributed by atoms with Crippen molar-refractivity contribution >= 4 is 23.5 Å². The minimum Gasteiger partial charge on any atom is -0.273 e. The molecule has 4 fully saturated rings. The van der Waals surface area contributed by atoms with E-state index in [9.17, 15) is 4.79 Å². The van der Waals surface area contributed by atoms with Gasteiger partial charge >= 0.3 is 0 Å². The maximum absolute atomic E-state index is 12.7. The summed E-state index contributed by atoms with van der Waals surface area (Å²) in [5, 5.41) is 6.27. The predicted octanol–water partition coefficient (Wildman–Crippen LogP) is 3.72. The predicted molar refractivity (Wildman–Crippen MR) is 85.4 cm³/mol. The lowest BCUT2D eigenvalue weighted by molar-refractivity contribution is -0.146. The number of carbonyl (C=O) groups is 1. The van der Waals surface area contributed by atoms with Gasteiger partial charge < -0.3 is 0 Å². The highest BCUT2D eigenvalue weighted by Crippen LogP contribution is 2.60. The van der Waals surface area contributed by atoms with Gasteiger partial charge in [0, 0.05) is 4.88 Å². The Morgan fingerprint density at radius 1 is 1.29 bits per heavy atom. The molecule has 4 saturated carbocycles. The van der Waals surface area contributed by atoms with Crippen molar-refractivity contribution in [2.75, 3.05) is 0 Å². The van der Waals surface area contributed by atoms with E-state index in [2.05, 4.69) is 28.9 Å². The average molecular weight is 302 g/mol. The van der Waals surface area contributed by atoms with Crippen LogP contribution < -0.4 is 5.43 Å². The molecular formula is C17H22N2OS. The Labute approximate surface area is 129 Å². The lowest BCUT2D eigenvalue weighted by Crippen LogP contribution is -2.52. The van der Waals surface area contributed by atoms with Gasteiger partial charge in [0.05, 0.1) is 11.6 Å². The summed E-state index contributed by atoms with van der Waals surface area (Å²) in [6.07, 6.45) is 9.17. The van der Waals surface area contributed by atoms with E-state index in [-0.39, 0.29) is 11.3 Å². The van der Waals surface area contributed by atoms with Gasteiger partial charge in [0.2, 0.25) is 5.91 Å². The molecule has 4 aliphatic carbocycles. The summed E-state index contributed by atoms with van der Waals surface area (Å²) in [6.45, 7) is 2.07. The molecule has 1 N–H and O–H groups in total. The number of nitrogens with one attached hydrogen (secondary N) is 1. The summed E-state index contributed by atoms with van der Waals surface area (Å²) < 4.78 is 0. The molecular weight excluding hydrogens is 280 g/mol. The molecule has 0 spiro atoms. The minimum absolute atomic E-state index is 0.101. The molecule has 4 heteroatoms. The molecule has 0 saturated heterocycles. The van der Waals surface area contributed by atoms with Crippen molar-refractivity contribution in [2.45, 2.75) is 45.4 Å². The zero-order valence-corrected chi connectivity index (χ0v) is 13.3. The van der Waals surface area contributed by atoms with E-state index in [0.717, 1.165) is 41.9 Å². The molecule has 112 valence electrons. The molecule has 5 rings (SSSR count). The summed E-state index contributed by atoms with van der Waals surface area (Å²) >= 11 is 1.66. The molecule has 4 bridgehead atoms. The molecule has 1 aromatic heterocycles. The highest BCUT2D eigenvalue weighted by atomic mass is 32.1. The largest absolute Gasteiger partial charge is 0.273 e. The van der Waals surface area contributed by atoms with Gasteiger partial charge in [-0.3, -0.25) is 4.79 Å². The summed E-state index contributed by atoms with van der Waals surface area (Å²) in [6, 6.07) is 2.08. The molecule has 0 atom stereocenters. The first-order valence-electron chi connectivity index (χ1n) is 8.02. The van der Waals surface area contributed by atoms with Crippen LogP contribution in [0.25, 0.3) is 0 Å². The van der Waals surface area contributed by atoms with Crippen molar-refractivity contribution in [3.05, 3.63) is 21.9 Å². The second kappa shape index (κ2) is 4.94. The maximum Gasteiger partial charge on any atom is 0.246 e. The first-order valence-corrected chi connectivity index (χ1v) is 8.90. The quantitative estimate of drug-likeness (QED) is 0.671. The highest BCUT2D eigenvalue weighted by Gasteiger charge is 2.54. The van der Waals surface area contributed by atoms with E-state index in [1.807, 2.05) is 0 Å². The van der Waals surface area contributed by atoms with E-state index < -0.39 is 0 Å². The third-order valence-electron chi connectivity index (χ3n) is 5.77. The third kappa shape index (κ3) is 2.33. The maximum atomic E-state index is 12.7. The van der Waals surface area contributed by atoms with Gasteiger partial charge in [-0.2, -0.15) is 5.10 Å². The van der Waals surface area contributed by atoms with Gasteiger partial charge in [-0.05, 0) is 80.2 Å².